The van der Waals surface area contributed by atoms with Gasteiger partial charge in [0.1, 0.15) is 0 Å². The van der Waals surface area contributed by atoms with Gasteiger partial charge in [0.25, 0.3) is 5.91 Å². The number of nitrogens with zero attached hydrogens (tertiary/aromatic N) is 2. The summed E-state index contributed by atoms with van der Waals surface area (Å²) in [5, 5.41) is 2.91. The first-order chi connectivity index (χ1) is 16.0. The lowest BCUT2D eigenvalue weighted by molar-refractivity contribution is -0.137. The summed E-state index contributed by atoms with van der Waals surface area (Å²) >= 11 is 0. The zero-order valence-corrected chi connectivity index (χ0v) is 20.1. The van der Waals surface area contributed by atoms with Crippen molar-refractivity contribution in [1.29, 1.82) is 0 Å². The molecule has 0 aromatic heterocycles. The van der Waals surface area contributed by atoms with Crippen molar-refractivity contribution in [2.24, 2.45) is 0 Å². The van der Waals surface area contributed by atoms with Gasteiger partial charge in [-0.15, -0.1) is 0 Å². The normalized spacial score (nSPS) is 15.1. The van der Waals surface area contributed by atoms with Gasteiger partial charge in [-0.2, -0.15) is 13.2 Å². The zero-order valence-electron chi connectivity index (χ0n) is 20.1. The minimum atomic E-state index is -4.34. The summed E-state index contributed by atoms with van der Waals surface area (Å²) in [7, 11) is 1.88. The molecule has 0 spiro atoms. The number of hydrogen-bond donors (Lipinski definition) is 1. The molecule has 0 saturated carbocycles. The number of carbonyl (C=O) groups is 2. The first kappa shape index (κ1) is 25.7. The number of hydrogen-bond acceptors (Lipinski definition) is 3. The van der Waals surface area contributed by atoms with Crippen molar-refractivity contribution < 1.29 is 22.8 Å². The molecule has 2 aromatic rings. The molecule has 184 valence electrons. The second-order valence-corrected chi connectivity index (χ2v) is 9.27. The van der Waals surface area contributed by atoms with Crippen LogP contribution in [0.15, 0.2) is 42.5 Å². The van der Waals surface area contributed by atoms with Crippen molar-refractivity contribution in [3.63, 3.8) is 0 Å². The topological polar surface area (TPSA) is 52.7 Å². The van der Waals surface area contributed by atoms with E-state index < -0.39 is 11.7 Å². The van der Waals surface area contributed by atoms with Crippen LogP contribution in [0, 0.1) is 6.92 Å². The summed E-state index contributed by atoms with van der Waals surface area (Å²) in [6.45, 7) is 7.22. The average Bonchev–Trinajstić information content (AvgIpc) is 2.79. The summed E-state index contributed by atoms with van der Waals surface area (Å²) in [5.74, 6) is -0.126. The molecular weight excluding hydrogens is 443 g/mol. The van der Waals surface area contributed by atoms with Gasteiger partial charge in [0.05, 0.1) is 12.1 Å². The predicted octanol–water partition coefficient (Wildman–Crippen LogP) is 5.31. The lowest BCUT2D eigenvalue weighted by Crippen LogP contribution is -2.38. The lowest BCUT2D eigenvalue weighted by Gasteiger charge is -2.32. The molecule has 0 bridgehead atoms. The summed E-state index contributed by atoms with van der Waals surface area (Å²) in [6, 6.07) is 10.9. The highest BCUT2D eigenvalue weighted by Crippen LogP contribution is 2.33. The van der Waals surface area contributed by atoms with E-state index in [-0.39, 0.29) is 30.3 Å². The molecule has 1 aliphatic rings. The Kier molecular flexibility index (Phi) is 8.02. The summed E-state index contributed by atoms with van der Waals surface area (Å²) in [5.41, 5.74) is 2.21. The van der Waals surface area contributed by atoms with Gasteiger partial charge in [0, 0.05) is 30.4 Å². The quantitative estimate of drug-likeness (QED) is 0.616. The van der Waals surface area contributed by atoms with Crippen LogP contribution in [-0.2, 0) is 11.0 Å². The number of benzene rings is 2. The average molecular weight is 476 g/mol. The number of likely N-dealkylation sites (tertiary alicyclic amines) is 1. The molecule has 8 heteroatoms. The number of nitrogens with one attached hydrogen (secondary N) is 1. The van der Waals surface area contributed by atoms with E-state index in [0.717, 1.165) is 23.3 Å². The molecule has 34 heavy (non-hydrogen) atoms. The molecule has 0 unspecified atom stereocenters. The van der Waals surface area contributed by atoms with Crippen molar-refractivity contribution in [3.8, 4) is 0 Å². The van der Waals surface area contributed by atoms with Crippen molar-refractivity contribution in [2.75, 3.05) is 32.0 Å². The molecule has 1 aliphatic heterocycles. The van der Waals surface area contributed by atoms with E-state index in [2.05, 4.69) is 5.32 Å². The van der Waals surface area contributed by atoms with Crippen LogP contribution in [0.2, 0.25) is 0 Å². The van der Waals surface area contributed by atoms with E-state index in [1.54, 1.807) is 17.0 Å². The number of halogens is 3. The van der Waals surface area contributed by atoms with E-state index in [4.69, 9.17) is 0 Å². The SMILES string of the molecule is Cc1ccc(C(=O)N2CCC(c3ccc(C(F)(F)F)cc3)CC2)cc1NC(=O)CN(C)C(C)C. The highest BCUT2D eigenvalue weighted by molar-refractivity contribution is 5.98. The maximum Gasteiger partial charge on any atom is 0.416 e. The van der Waals surface area contributed by atoms with Crippen LogP contribution in [0.25, 0.3) is 0 Å². The van der Waals surface area contributed by atoms with Crippen molar-refractivity contribution in [3.05, 3.63) is 64.7 Å². The number of amides is 2. The second-order valence-electron chi connectivity index (χ2n) is 9.27. The largest absolute Gasteiger partial charge is 0.416 e. The van der Waals surface area contributed by atoms with Gasteiger partial charge in [-0.05, 0) is 82.0 Å². The fraction of sp³-hybridized carbons (Fsp3) is 0.462. The minimum Gasteiger partial charge on any atom is -0.339 e. The van der Waals surface area contributed by atoms with Crippen LogP contribution < -0.4 is 5.32 Å². The highest BCUT2D eigenvalue weighted by Gasteiger charge is 2.31. The summed E-state index contributed by atoms with van der Waals surface area (Å²) in [4.78, 5) is 29.2. The molecule has 1 fully saturated rings. The highest BCUT2D eigenvalue weighted by atomic mass is 19.4. The molecule has 0 radical (unpaired) electrons. The van der Waals surface area contributed by atoms with Crippen LogP contribution in [0.4, 0.5) is 18.9 Å². The van der Waals surface area contributed by atoms with Gasteiger partial charge in [0.15, 0.2) is 0 Å². The smallest absolute Gasteiger partial charge is 0.339 e. The molecule has 3 rings (SSSR count). The monoisotopic (exact) mass is 475 g/mol. The van der Waals surface area contributed by atoms with Crippen LogP contribution in [0.3, 0.4) is 0 Å². The first-order valence-corrected chi connectivity index (χ1v) is 11.5. The molecule has 2 aromatic carbocycles. The van der Waals surface area contributed by atoms with E-state index in [1.165, 1.54) is 12.1 Å². The number of anilines is 1. The van der Waals surface area contributed by atoms with Crippen LogP contribution in [-0.4, -0.2) is 54.3 Å². The number of alkyl halides is 3. The van der Waals surface area contributed by atoms with Gasteiger partial charge in [0.2, 0.25) is 5.91 Å². The van der Waals surface area contributed by atoms with Crippen LogP contribution in [0.5, 0.6) is 0 Å². The third-order valence-electron chi connectivity index (χ3n) is 6.52. The van der Waals surface area contributed by atoms with Crippen molar-refractivity contribution in [2.45, 2.75) is 51.7 Å². The number of carbonyl (C=O) groups excluding carboxylic acids is 2. The number of likely N-dealkylation sites (N-methyl/N-ethyl adjacent to an activating group) is 1. The van der Waals surface area contributed by atoms with Crippen LogP contribution >= 0.6 is 0 Å². The van der Waals surface area contributed by atoms with E-state index in [1.807, 2.05) is 38.8 Å². The molecule has 0 atom stereocenters. The van der Waals surface area contributed by atoms with Gasteiger partial charge < -0.3 is 10.2 Å². The molecule has 5 nitrogen and oxygen atoms in total. The summed E-state index contributed by atoms with van der Waals surface area (Å²) < 4.78 is 38.4. The number of piperidine rings is 1. The molecule has 0 aliphatic carbocycles. The molecule has 1 N–H and O–H groups in total. The fourth-order valence-electron chi connectivity index (χ4n) is 4.03. The second kappa shape index (κ2) is 10.6. The number of rotatable bonds is 6. The number of aryl methyl sites for hydroxylation is 1. The van der Waals surface area contributed by atoms with E-state index in [0.29, 0.717) is 37.2 Å². The Bertz CT molecular complexity index is 1010. The Labute approximate surface area is 198 Å². The Morgan fingerprint density at radius 3 is 2.26 bits per heavy atom. The Morgan fingerprint density at radius 1 is 1.09 bits per heavy atom. The summed E-state index contributed by atoms with van der Waals surface area (Å²) in [6.07, 6.45) is -2.97. The zero-order chi connectivity index (χ0) is 25.0. The van der Waals surface area contributed by atoms with Crippen molar-refractivity contribution in [1.82, 2.24) is 9.80 Å². The molecule has 1 heterocycles. The third kappa shape index (κ3) is 6.38. The minimum absolute atomic E-state index is 0.110. The van der Waals surface area contributed by atoms with Gasteiger partial charge in [-0.1, -0.05) is 18.2 Å². The fourth-order valence-corrected chi connectivity index (χ4v) is 4.03. The molecule has 1 saturated heterocycles. The van der Waals surface area contributed by atoms with E-state index in [9.17, 15) is 22.8 Å². The molecule has 2 amide bonds. The van der Waals surface area contributed by atoms with Crippen LogP contribution in [0.1, 0.15) is 59.7 Å². The predicted molar refractivity (Wildman–Crippen MR) is 127 cm³/mol. The third-order valence-corrected chi connectivity index (χ3v) is 6.52. The van der Waals surface area contributed by atoms with Gasteiger partial charge in [-0.25, -0.2) is 0 Å². The maximum absolute atomic E-state index is 13.1. The lowest BCUT2D eigenvalue weighted by atomic mass is 9.88. The maximum atomic E-state index is 13.1. The molecular formula is C26H32F3N3O2. The van der Waals surface area contributed by atoms with Gasteiger partial charge in [-0.3, -0.25) is 14.5 Å². The van der Waals surface area contributed by atoms with Gasteiger partial charge >= 0.3 is 6.18 Å². The standard InChI is InChI=1S/C26H32F3N3O2/c1-17(2)31(4)16-24(33)30-23-15-21(6-5-18(23)3)25(34)32-13-11-20(12-14-32)19-7-9-22(10-8-19)26(27,28)29/h5-10,15,17,20H,11-14,16H2,1-4H3,(H,30,33). The Balaban J connectivity index is 1.61. The van der Waals surface area contributed by atoms with E-state index >= 15 is 0 Å². The Morgan fingerprint density at radius 2 is 1.71 bits per heavy atom. The first-order valence-electron chi connectivity index (χ1n) is 11.5. The Hall–Kier alpha value is -2.87. The van der Waals surface area contributed by atoms with Crippen molar-refractivity contribution >= 4 is 17.5 Å².